The van der Waals surface area contributed by atoms with E-state index >= 15 is 0 Å². The van der Waals surface area contributed by atoms with Gasteiger partial charge in [-0.15, -0.1) is 5.10 Å². The summed E-state index contributed by atoms with van der Waals surface area (Å²) in [6.07, 6.45) is 6.13. The highest BCUT2D eigenvalue weighted by Crippen LogP contribution is 2.23. The van der Waals surface area contributed by atoms with Gasteiger partial charge in [-0.05, 0) is 52.5 Å². The molecule has 2 rings (SSSR count). The Kier molecular flexibility index (Phi) is 11.9. The first-order chi connectivity index (χ1) is 13.4. The van der Waals surface area contributed by atoms with E-state index in [0.29, 0.717) is 0 Å². The Morgan fingerprint density at radius 3 is 1.23 bits per heavy atom. The lowest BCUT2D eigenvalue weighted by Crippen LogP contribution is -2.22. The summed E-state index contributed by atoms with van der Waals surface area (Å²) in [6, 6.07) is 0. The molecule has 5 nitrogen and oxygen atoms in total. The number of rotatable bonds is 0. The lowest BCUT2D eigenvalue weighted by Gasteiger charge is -2.20. The predicted octanol–water partition coefficient (Wildman–Crippen LogP) is 7.32. The van der Waals surface area contributed by atoms with Crippen LogP contribution in [0.3, 0.4) is 0 Å². The van der Waals surface area contributed by atoms with Gasteiger partial charge in [0.25, 0.3) is 0 Å². The van der Waals surface area contributed by atoms with Crippen molar-refractivity contribution < 1.29 is 0 Å². The van der Waals surface area contributed by atoms with Crippen molar-refractivity contribution >= 4 is 0 Å². The molecule has 0 N–H and O–H groups in total. The third-order valence-corrected chi connectivity index (χ3v) is 4.09. The van der Waals surface area contributed by atoms with Crippen LogP contribution in [0.1, 0.15) is 122 Å². The van der Waals surface area contributed by atoms with E-state index in [-0.39, 0.29) is 21.9 Å². The number of aromatic nitrogens is 5. The number of hydrogen-bond acceptors (Lipinski definition) is 3. The lowest BCUT2D eigenvalue weighted by molar-refractivity contribution is 0.346. The minimum atomic E-state index is 0.0243. The van der Waals surface area contributed by atoms with Crippen LogP contribution in [0.4, 0.5) is 0 Å². The van der Waals surface area contributed by atoms with Gasteiger partial charge in [0.1, 0.15) is 0 Å². The fourth-order valence-electron chi connectivity index (χ4n) is 2.01. The minimum absolute atomic E-state index is 0.0243. The first-order valence-electron chi connectivity index (χ1n) is 11.4. The average Bonchev–Trinajstić information content (AvgIpc) is 3.27. The highest BCUT2D eigenvalue weighted by atomic mass is 15.4. The number of nitrogens with zero attached hydrogens (tertiary/aromatic N) is 5. The van der Waals surface area contributed by atoms with Gasteiger partial charge in [-0.25, -0.2) is 4.68 Å². The highest BCUT2D eigenvalue weighted by molar-refractivity contribution is 5.15. The Bertz CT molecular complexity index is 576. The van der Waals surface area contributed by atoms with Gasteiger partial charge in [-0.3, -0.25) is 4.68 Å². The van der Waals surface area contributed by atoms with Gasteiger partial charge in [0.2, 0.25) is 0 Å². The van der Waals surface area contributed by atoms with Gasteiger partial charge < -0.3 is 0 Å². The van der Waals surface area contributed by atoms with Crippen molar-refractivity contribution in [3.05, 3.63) is 29.8 Å². The molecule has 0 saturated carbocycles. The summed E-state index contributed by atoms with van der Waals surface area (Å²) in [5.41, 5.74) is 2.73. The lowest BCUT2D eigenvalue weighted by atomic mass is 9.90. The third kappa shape index (κ3) is 10.4. The molecule has 2 heterocycles. The molecule has 0 atom stereocenters. The molecule has 0 aliphatic rings. The Balaban J connectivity index is 0. The van der Waals surface area contributed by atoms with Crippen LogP contribution in [0.2, 0.25) is 0 Å². The highest BCUT2D eigenvalue weighted by Gasteiger charge is 2.22. The maximum absolute atomic E-state index is 4.37. The van der Waals surface area contributed by atoms with Crippen molar-refractivity contribution in [2.45, 2.75) is 133 Å². The van der Waals surface area contributed by atoms with Crippen molar-refractivity contribution in [1.82, 2.24) is 24.8 Å². The number of hydrogen-bond donors (Lipinski definition) is 0. The van der Waals surface area contributed by atoms with Crippen LogP contribution >= 0.6 is 0 Å². The van der Waals surface area contributed by atoms with Gasteiger partial charge in [0.05, 0.1) is 23.0 Å². The van der Waals surface area contributed by atoms with E-state index < -0.39 is 0 Å². The smallest absolute Gasteiger partial charge is 0.0880 e. The Labute approximate surface area is 187 Å². The fraction of sp³-hybridized carbons (Fsp3) is 0.800. The zero-order chi connectivity index (χ0) is 24.6. The van der Waals surface area contributed by atoms with Crippen molar-refractivity contribution in [2.75, 3.05) is 0 Å². The molecule has 176 valence electrons. The average molecular weight is 422 g/mol. The standard InChI is InChI=1S/C11H20N2.C10H19N3.2C2H6/c1-10(2,3)9-7-12-13(8-9)11(4,5)6;1-9(2,3)8-7-13(12-11-8)10(4,5)6;2*1-2/h7-8H,1-6H3;7H,1-6H3;2*1-2H3. The van der Waals surface area contributed by atoms with Crippen LogP contribution < -0.4 is 0 Å². The molecule has 0 fully saturated rings. The molecule has 5 heteroatoms. The zero-order valence-corrected chi connectivity index (χ0v) is 23.0. The van der Waals surface area contributed by atoms with Crippen molar-refractivity contribution in [3.8, 4) is 0 Å². The Hall–Kier alpha value is -1.65. The quantitative estimate of drug-likeness (QED) is 0.448. The molecule has 0 radical (unpaired) electrons. The molecular formula is C25H51N5. The zero-order valence-electron chi connectivity index (χ0n) is 23.0. The first-order valence-corrected chi connectivity index (χ1v) is 11.4. The summed E-state index contributed by atoms with van der Waals surface area (Å²) in [4.78, 5) is 0. The summed E-state index contributed by atoms with van der Waals surface area (Å²) in [5.74, 6) is 0. The van der Waals surface area contributed by atoms with Crippen LogP contribution in [0.15, 0.2) is 18.6 Å². The second-order valence-electron chi connectivity index (χ2n) is 11.1. The van der Waals surface area contributed by atoms with Gasteiger partial charge in [0, 0.05) is 17.8 Å². The topological polar surface area (TPSA) is 48.5 Å². The van der Waals surface area contributed by atoms with E-state index in [2.05, 4.69) is 105 Å². The van der Waals surface area contributed by atoms with E-state index in [0.717, 1.165) is 5.69 Å². The van der Waals surface area contributed by atoms with Gasteiger partial charge >= 0.3 is 0 Å². The van der Waals surface area contributed by atoms with Gasteiger partial charge in [-0.2, -0.15) is 5.10 Å². The molecule has 0 bridgehead atoms. The van der Waals surface area contributed by atoms with E-state index in [4.69, 9.17) is 0 Å². The minimum Gasteiger partial charge on any atom is -0.267 e. The summed E-state index contributed by atoms with van der Waals surface area (Å²) in [5, 5.41) is 12.7. The molecule has 2 aromatic heterocycles. The van der Waals surface area contributed by atoms with Crippen LogP contribution in [-0.2, 0) is 21.9 Å². The van der Waals surface area contributed by atoms with Crippen LogP contribution in [-0.4, -0.2) is 24.8 Å². The Morgan fingerprint density at radius 1 is 0.600 bits per heavy atom. The second-order valence-corrected chi connectivity index (χ2v) is 11.1. The SMILES string of the molecule is CC.CC.CC(C)(C)c1cn(C(C)(C)C)nn1.CC(C)(C)c1cnn(C(C)(C)C)c1. The first kappa shape index (κ1) is 30.5. The van der Waals surface area contributed by atoms with E-state index in [1.165, 1.54) is 5.56 Å². The maximum Gasteiger partial charge on any atom is 0.0880 e. The molecular weight excluding hydrogens is 370 g/mol. The largest absolute Gasteiger partial charge is 0.267 e. The van der Waals surface area contributed by atoms with Gasteiger partial charge in [0.15, 0.2) is 0 Å². The van der Waals surface area contributed by atoms with Gasteiger partial charge in [-0.1, -0.05) is 74.5 Å². The molecule has 0 saturated heterocycles. The third-order valence-electron chi connectivity index (χ3n) is 4.09. The van der Waals surface area contributed by atoms with Crippen LogP contribution in [0.25, 0.3) is 0 Å². The fourth-order valence-corrected chi connectivity index (χ4v) is 2.01. The predicted molar refractivity (Wildman–Crippen MR) is 132 cm³/mol. The van der Waals surface area contributed by atoms with E-state index in [1.807, 2.05) is 49.5 Å². The van der Waals surface area contributed by atoms with Crippen LogP contribution in [0, 0.1) is 0 Å². The summed E-state index contributed by atoms with van der Waals surface area (Å²) < 4.78 is 3.93. The molecule has 0 aromatic carbocycles. The molecule has 0 spiro atoms. The van der Waals surface area contributed by atoms with Crippen molar-refractivity contribution in [2.24, 2.45) is 0 Å². The molecule has 0 unspecified atom stereocenters. The second kappa shape index (κ2) is 11.7. The summed E-state index contributed by atoms with van der Waals surface area (Å²) in [6.45, 7) is 33.9. The normalized spacial score (nSPS) is 12.0. The monoisotopic (exact) mass is 421 g/mol. The summed E-state index contributed by atoms with van der Waals surface area (Å²) >= 11 is 0. The molecule has 0 amide bonds. The summed E-state index contributed by atoms with van der Waals surface area (Å²) in [7, 11) is 0. The molecule has 2 aromatic rings. The molecule has 0 aliphatic heterocycles. The van der Waals surface area contributed by atoms with E-state index in [1.54, 1.807) is 0 Å². The van der Waals surface area contributed by atoms with Crippen molar-refractivity contribution in [3.63, 3.8) is 0 Å². The molecule has 0 aliphatic carbocycles. The maximum atomic E-state index is 4.37. The molecule has 30 heavy (non-hydrogen) atoms. The van der Waals surface area contributed by atoms with Crippen LogP contribution in [0.5, 0.6) is 0 Å². The van der Waals surface area contributed by atoms with E-state index in [9.17, 15) is 0 Å². The Morgan fingerprint density at radius 2 is 1.03 bits per heavy atom. The van der Waals surface area contributed by atoms with Crippen molar-refractivity contribution in [1.29, 1.82) is 0 Å².